The lowest BCUT2D eigenvalue weighted by Gasteiger charge is -2.24. The number of halogens is 3. The number of hydrogen-bond acceptors (Lipinski definition) is 4. The lowest BCUT2D eigenvalue weighted by Crippen LogP contribution is -2.34. The summed E-state index contributed by atoms with van der Waals surface area (Å²) in [5.74, 6) is -1.05. The number of amides is 1. The Morgan fingerprint density at radius 2 is 1.89 bits per heavy atom. The van der Waals surface area contributed by atoms with Crippen molar-refractivity contribution in [3.8, 4) is 0 Å². The molecule has 1 aromatic carbocycles. The maximum Gasteiger partial charge on any atom is 0.416 e. The summed E-state index contributed by atoms with van der Waals surface area (Å²) in [6.45, 7) is -0.153. The van der Waals surface area contributed by atoms with Gasteiger partial charge in [0.2, 0.25) is 0 Å². The van der Waals surface area contributed by atoms with Crippen molar-refractivity contribution in [2.24, 2.45) is 0 Å². The van der Waals surface area contributed by atoms with Crippen LogP contribution in [-0.4, -0.2) is 34.9 Å². The van der Waals surface area contributed by atoms with Crippen LogP contribution in [0, 0.1) is 0 Å². The zero-order chi connectivity index (χ0) is 19.6. The minimum Gasteiger partial charge on any atom is -0.465 e. The van der Waals surface area contributed by atoms with Gasteiger partial charge in [-0.15, -0.1) is 0 Å². The van der Waals surface area contributed by atoms with E-state index in [0.717, 1.165) is 18.9 Å². The SMILES string of the molecule is COC(=O)c1ccc(C(=O)N(Cc2ccccc2C(F)(F)F)C2CC2)nc1. The van der Waals surface area contributed by atoms with E-state index < -0.39 is 23.6 Å². The molecule has 0 radical (unpaired) electrons. The van der Waals surface area contributed by atoms with E-state index in [9.17, 15) is 22.8 Å². The standard InChI is InChI=1S/C19H17F3N2O3/c1-27-18(26)12-6-9-16(23-10-12)17(25)24(14-7-8-14)11-13-4-2-3-5-15(13)19(20,21)22/h2-6,9-10,14H,7-8,11H2,1H3. The first-order chi connectivity index (χ1) is 12.8. The Morgan fingerprint density at radius 3 is 2.44 bits per heavy atom. The molecule has 1 fully saturated rings. The molecule has 0 bridgehead atoms. The molecule has 1 saturated carbocycles. The highest BCUT2D eigenvalue weighted by atomic mass is 19.4. The third kappa shape index (κ3) is 4.27. The maximum atomic E-state index is 13.2. The molecule has 0 unspecified atom stereocenters. The maximum absolute atomic E-state index is 13.2. The van der Waals surface area contributed by atoms with E-state index in [1.807, 2.05) is 0 Å². The third-order valence-electron chi connectivity index (χ3n) is 4.32. The fraction of sp³-hybridized carbons (Fsp3) is 0.316. The van der Waals surface area contributed by atoms with Gasteiger partial charge in [-0.2, -0.15) is 13.2 Å². The van der Waals surface area contributed by atoms with Crippen molar-refractivity contribution in [2.45, 2.75) is 31.6 Å². The van der Waals surface area contributed by atoms with Gasteiger partial charge >= 0.3 is 12.1 Å². The Labute approximate surface area is 153 Å². The molecule has 1 heterocycles. The Kier molecular flexibility index (Phi) is 5.16. The molecule has 0 atom stereocenters. The van der Waals surface area contributed by atoms with Crippen LogP contribution in [-0.2, 0) is 17.5 Å². The Bertz CT molecular complexity index is 846. The van der Waals surface area contributed by atoms with Crippen molar-refractivity contribution in [1.82, 2.24) is 9.88 Å². The van der Waals surface area contributed by atoms with Crippen molar-refractivity contribution < 1.29 is 27.5 Å². The molecule has 5 nitrogen and oxygen atoms in total. The number of methoxy groups -OCH3 is 1. The molecular formula is C19H17F3N2O3. The van der Waals surface area contributed by atoms with Gasteiger partial charge in [-0.25, -0.2) is 4.79 Å². The minimum absolute atomic E-state index is 0.0384. The summed E-state index contributed by atoms with van der Waals surface area (Å²) < 4.78 is 44.3. The summed E-state index contributed by atoms with van der Waals surface area (Å²) in [7, 11) is 1.23. The van der Waals surface area contributed by atoms with E-state index in [1.165, 1.54) is 48.5 Å². The highest BCUT2D eigenvalue weighted by molar-refractivity contribution is 5.94. The largest absolute Gasteiger partial charge is 0.465 e. The number of aromatic nitrogens is 1. The van der Waals surface area contributed by atoms with Crippen LogP contribution in [0.4, 0.5) is 13.2 Å². The summed E-state index contributed by atoms with van der Waals surface area (Å²) in [5, 5.41) is 0. The first kappa shape index (κ1) is 18.9. The van der Waals surface area contributed by atoms with Crippen molar-refractivity contribution in [3.05, 3.63) is 65.0 Å². The molecule has 0 spiro atoms. The minimum atomic E-state index is -4.49. The van der Waals surface area contributed by atoms with E-state index >= 15 is 0 Å². The summed E-state index contributed by atoms with van der Waals surface area (Å²) in [5.41, 5.74) is -0.456. The number of rotatable bonds is 5. The highest BCUT2D eigenvalue weighted by Crippen LogP contribution is 2.35. The molecule has 27 heavy (non-hydrogen) atoms. The Balaban J connectivity index is 1.85. The first-order valence-electron chi connectivity index (χ1n) is 8.31. The monoisotopic (exact) mass is 378 g/mol. The van der Waals surface area contributed by atoms with Crippen LogP contribution in [0.3, 0.4) is 0 Å². The van der Waals surface area contributed by atoms with Gasteiger partial charge in [0.15, 0.2) is 0 Å². The van der Waals surface area contributed by atoms with Gasteiger partial charge in [0.05, 0.1) is 18.2 Å². The zero-order valence-corrected chi connectivity index (χ0v) is 14.5. The predicted molar refractivity (Wildman–Crippen MR) is 89.9 cm³/mol. The van der Waals surface area contributed by atoms with Crippen LogP contribution < -0.4 is 0 Å². The Hall–Kier alpha value is -2.90. The molecule has 3 rings (SSSR count). The topological polar surface area (TPSA) is 59.5 Å². The van der Waals surface area contributed by atoms with Gasteiger partial charge < -0.3 is 9.64 Å². The van der Waals surface area contributed by atoms with Gasteiger partial charge in [0, 0.05) is 18.8 Å². The molecule has 1 aromatic heterocycles. The predicted octanol–water partition coefficient (Wildman–Crippen LogP) is 3.69. The van der Waals surface area contributed by atoms with Crippen molar-refractivity contribution >= 4 is 11.9 Å². The highest BCUT2D eigenvalue weighted by Gasteiger charge is 2.37. The summed E-state index contributed by atoms with van der Waals surface area (Å²) in [6, 6.07) is 7.89. The van der Waals surface area contributed by atoms with E-state index in [-0.39, 0.29) is 29.4 Å². The van der Waals surface area contributed by atoms with Gasteiger partial charge in [-0.05, 0) is 36.6 Å². The molecular weight excluding hydrogens is 361 g/mol. The molecule has 0 saturated heterocycles. The van der Waals surface area contributed by atoms with E-state index in [1.54, 1.807) is 0 Å². The van der Waals surface area contributed by atoms with Gasteiger partial charge in [0.25, 0.3) is 5.91 Å². The second-order valence-electron chi connectivity index (χ2n) is 6.24. The fourth-order valence-corrected chi connectivity index (χ4v) is 2.78. The van der Waals surface area contributed by atoms with Gasteiger partial charge in [-0.1, -0.05) is 18.2 Å². The zero-order valence-electron chi connectivity index (χ0n) is 14.5. The average molecular weight is 378 g/mol. The van der Waals surface area contributed by atoms with Crippen LogP contribution in [0.25, 0.3) is 0 Å². The van der Waals surface area contributed by atoms with Crippen LogP contribution >= 0.6 is 0 Å². The Morgan fingerprint density at radius 1 is 1.19 bits per heavy atom. The summed E-state index contributed by atoms with van der Waals surface area (Å²) in [6.07, 6.45) is -1.80. The van der Waals surface area contributed by atoms with Crippen LogP contribution in [0.2, 0.25) is 0 Å². The van der Waals surface area contributed by atoms with Crippen LogP contribution in [0.1, 0.15) is 44.8 Å². The number of nitrogens with zero attached hydrogens (tertiary/aromatic N) is 2. The molecule has 0 aliphatic heterocycles. The molecule has 1 amide bonds. The molecule has 142 valence electrons. The number of ether oxygens (including phenoxy) is 1. The van der Waals surface area contributed by atoms with Crippen LogP contribution in [0.5, 0.6) is 0 Å². The summed E-state index contributed by atoms with van der Waals surface area (Å²) >= 11 is 0. The number of carbonyl (C=O) groups is 2. The molecule has 0 N–H and O–H groups in total. The smallest absolute Gasteiger partial charge is 0.416 e. The number of pyridine rings is 1. The van der Waals surface area contributed by atoms with E-state index in [4.69, 9.17) is 0 Å². The summed E-state index contributed by atoms with van der Waals surface area (Å²) in [4.78, 5) is 29.6. The normalized spacial score (nSPS) is 13.9. The van der Waals surface area contributed by atoms with Crippen LogP contribution in [0.15, 0.2) is 42.6 Å². The molecule has 2 aromatic rings. The second kappa shape index (κ2) is 7.38. The number of alkyl halides is 3. The van der Waals surface area contributed by atoms with Crippen molar-refractivity contribution in [1.29, 1.82) is 0 Å². The second-order valence-corrected chi connectivity index (χ2v) is 6.24. The fourth-order valence-electron chi connectivity index (χ4n) is 2.78. The lowest BCUT2D eigenvalue weighted by atomic mass is 10.1. The molecule has 1 aliphatic carbocycles. The molecule has 8 heteroatoms. The molecule has 1 aliphatic rings. The van der Waals surface area contributed by atoms with E-state index in [0.29, 0.717) is 0 Å². The van der Waals surface area contributed by atoms with Gasteiger partial charge in [-0.3, -0.25) is 9.78 Å². The first-order valence-corrected chi connectivity index (χ1v) is 8.31. The van der Waals surface area contributed by atoms with Gasteiger partial charge in [0.1, 0.15) is 5.69 Å². The van der Waals surface area contributed by atoms with Crippen molar-refractivity contribution in [3.63, 3.8) is 0 Å². The number of benzene rings is 1. The third-order valence-corrected chi connectivity index (χ3v) is 4.32. The average Bonchev–Trinajstić information content (AvgIpc) is 3.49. The van der Waals surface area contributed by atoms with E-state index in [2.05, 4.69) is 9.72 Å². The number of carbonyl (C=O) groups excluding carboxylic acids is 2. The lowest BCUT2D eigenvalue weighted by molar-refractivity contribution is -0.138. The van der Waals surface area contributed by atoms with Crippen molar-refractivity contribution in [2.75, 3.05) is 7.11 Å². The number of esters is 1. The quantitative estimate of drug-likeness (QED) is 0.745. The number of hydrogen-bond donors (Lipinski definition) is 0.